The molecule has 1 saturated heterocycles. The molecule has 2 atom stereocenters. The van der Waals surface area contributed by atoms with Crippen molar-refractivity contribution in [3.63, 3.8) is 0 Å². The van der Waals surface area contributed by atoms with Crippen LogP contribution in [-0.4, -0.2) is 12.7 Å². The molecule has 0 radical (unpaired) electrons. The summed E-state index contributed by atoms with van der Waals surface area (Å²) in [5.74, 6) is 0.410. The van der Waals surface area contributed by atoms with Crippen LogP contribution in [0.1, 0.15) is 27.2 Å². The first-order chi connectivity index (χ1) is 5.08. The predicted octanol–water partition coefficient (Wildman–Crippen LogP) is 1.96. The van der Waals surface area contributed by atoms with Gasteiger partial charge in [0.15, 0.2) is 0 Å². The molecule has 0 aromatic carbocycles. The van der Waals surface area contributed by atoms with Crippen LogP contribution in [0.5, 0.6) is 0 Å². The molecular weight excluding hydrogens is 138 g/mol. The van der Waals surface area contributed by atoms with Crippen molar-refractivity contribution in [2.45, 2.75) is 33.3 Å². The van der Waals surface area contributed by atoms with E-state index in [0.29, 0.717) is 5.92 Å². The molecule has 1 fully saturated rings. The van der Waals surface area contributed by atoms with E-state index >= 15 is 0 Å². The summed E-state index contributed by atoms with van der Waals surface area (Å²) in [5.41, 5.74) is -0.226. The van der Waals surface area contributed by atoms with E-state index in [-0.39, 0.29) is 11.5 Å². The molecular formula is C9H15NO. The molecule has 1 heterocycles. The van der Waals surface area contributed by atoms with E-state index in [1.807, 2.05) is 13.8 Å². The number of nitrogens with zero attached hydrogens (tertiary/aromatic N) is 1. The predicted molar refractivity (Wildman–Crippen MR) is 42.9 cm³/mol. The highest BCUT2D eigenvalue weighted by Crippen LogP contribution is 2.36. The Hall–Kier alpha value is -0.550. The Kier molecular flexibility index (Phi) is 2.20. The van der Waals surface area contributed by atoms with Gasteiger partial charge in [-0.25, -0.2) is 0 Å². The van der Waals surface area contributed by atoms with E-state index in [1.54, 1.807) is 0 Å². The maximum Gasteiger partial charge on any atom is 0.0687 e. The van der Waals surface area contributed by atoms with E-state index in [9.17, 15) is 0 Å². The lowest BCUT2D eigenvalue weighted by Gasteiger charge is -2.25. The molecule has 11 heavy (non-hydrogen) atoms. The van der Waals surface area contributed by atoms with Gasteiger partial charge in [-0.3, -0.25) is 0 Å². The van der Waals surface area contributed by atoms with Gasteiger partial charge in [-0.05, 0) is 27.2 Å². The highest BCUT2D eigenvalue weighted by molar-refractivity contribution is 5.00. The third-order valence-corrected chi connectivity index (χ3v) is 2.59. The highest BCUT2D eigenvalue weighted by atomic mass is 16.5. The molecule has 62 valence electrons. The molecule has 0 aromatic rings. The normalized spacial score (nSPS) is 31.8. The SMILES string of the molecule is CC1OCCC1C(C)(C)C#N. The topological polar surface area (TPSA) is 33.0 Å². The summed E-state index contributed by atoms with van der Waals surface area (Å²) in [6.45, 7) is 6.85. The van der Waals surface area contributed by atoms with Crippen molar-refractivity contribution in [2.24, 2.45) is 11.3 Å². The quantitative estimate of drug-likeness (QED) is 0.577. The van der Waals surface area contributed by atoms with Crippen LogP contribution in [0.4, 0.5) is 0 Å². The van der Waals surface area contributed by atoms with Crippen LogP contribution < -0.4 is 0 Å². The van der Waals surface area contributed by atoms with Crippen LogP contribution in [0.25, 0.3) is 0 Å². The zero-order valence-corrected chi connectivity index (χ0v) is 7.42. The smallest absolute Gasteiger partial charge is 0.0687 e. The molecule has 0 aliphatic carbocycles. The minimum Gasteiger partial charge on any atom is -0.378 e. The fourth-order valence-corrected chi connectivity index (χ4v) is 1.76. The van der Waals surface area contributed by atoms with Gasteiger partial charge in [-0.2, -0.15) is 5.26 Å². The Morgan fingerprint density at radius 3 is 2.55 bits per heavy atom. The van der Waals surface area contributed by atoms with E-state index in [0.717, 1.165) is 13.0 Å². The van der Waals surface area contributed by atoms with Gasteiger partial charge in [0, 0.05) is 12.5 Å². The van der Waals surface area contributed by atoms with E-state index in [1.165, 1.54) is 0 Å². The number of hydrogen-bond acceptors (Lipinski definition) is 2. The third kappa shape index (κ3) is 1.54. The molecule has 0 amide bonds. The van der Waals surface area contributed by atoms with Crippen molar-refractivity contribution in [3.8, 4) is 6.07 Å². The van der Waals surface area contributed by atoms with Crippen molar-refractivity contribution in [3.05, 3.63) is 0 Å². The summed E-state index contributed by atoms with van der Waals surface area (Å²) in [4.78, 5) is 0. The van der Waals surface area contributed by atoms with Crippen molar-refractivity contribution in [1.82, 2.24) is 0 Å². The van der Waals surface area contributed by atoms with Crippen molar-refractivity contribution >= 4 is 0 Å². The van der Waals surface area contributed by atoms with E-state index in [4.69, 9.17) is 10.00 Å². The van der Waals surface area contributed by atoms with Gasteiger partial charge in [0.05, 0.1) is 17.6 Å². The molecule has 2 nitrogen and oxygen atoms in total. The van der Waals surface area contributed by atoms with Crippen molar-refractivity contribution < 1.29 is 4.74 Å². The van der Waals surface area contributed by atoms with E-state index in [2.05, 4.69) is 13.0 Å². The van der Waals surface area contributed by atoms with Crippen LogP contribution in [-0.2, 0) is 4.74 Å². The minimum absolute atomic E-state index is 0.226. The summed E-state index contributed by atoms with van der Waals surface area (Å²) in [7, 11) is 0. The average molecular weight is 153 g/mol. The van der Waals surface area contributed by atoms with Crippen LogP contribution in [0.3, 0.4) is 0 Å². The monoisotopic (exact) mass is 153 g/mol. The average Bonchev–Trinajstić information content (AvgIpc) is 2.36. The molecule has 0 saturated carbocycles. The maximum absolute atomic E-state index is 8.87. The fourth-order valence-electron chi connectivity index (χ4n) is 1.76. The number of ether oxygens (including phenoxy) is 1. The second kappa shape index (κ2) is 2.83. The summed E-state index contributed by atoms with van der Waals surface area (Å²) in [5, 5.41) is 8.87. The lowest BCUT2D eigenvalue weighted by atomic mass is 9.77. The van der Waals surface area contributed by atoms with Crippen LogP contribution >= 0.6 is 0 Å². The molecule has 2 unspecified atom stereocenters. The Morgan fingerprint density at radius 2 is 2.18 bits per heavy atom. The Morgan fingerprint density at radius 1 is 1.55 bits per heavy atom. The van der Waals surface area contributed by atoms with Gasteiger partial charge >= 0.3 is 0 Å². The first-order valence-corrected chi connectivity index (χ1v) is 4.11. The molecule has 0 bridgehead atoms. The Balaban J connectivity index is 2.68. The molecule has 2 heteroatoms. The molecule has 1 rings (SSSR count). The first kappa shape index (κ1) is 8.55. The van der Waals surface area contributed by atoms with E-state index < -0.39 is 0 Å². The first-order valence-electron chi connectivity index (χ1n) is 4.11. The third-order valence-electron chi connectivity index (χ3n) is 2.59. The Labute approximate surface area is 68.2 Å². The fraction of sp³-hybridized carbons (Fsp3) is 0.889. The van der Waals surface area contributed by atoms with Crippen LogP contribution in [0.2, 0.25) is 0 Å². The van der Waals surface area contributed by atoms with Gasteiger partial charge < -0.3 is 4.74 Å². The summed E-state index contributed by atoms with van der Waals surface area (Å²) < 4.78 is 5.40. The number of hydrogen-bond donors (Lipinski definition) is 0. The standard InChI is InChI=1S/C9H15NO/c1-7-8(4-5-11-7)9(2,3)6-10/h7-8H,4-5H2,1-3H3. The van der Waals surface area contributed by atoms with Gasteiger partial charge in [0.25, 0.3) is 0 Å². The largest absolute Gasteiger partial charge is 0.378 e. The summed E-state index contributed by atoms with van der Waals surface area (Å²) >= 11 is 0. The van der Waals surface area contributed by atoms with Crippen molar-refractivity contribution in [1.29, 1.82) is 5.26 Å². The molecule has 1 aliphatic rings. The lowest BCUT2D eigenvalue weighted by molar-refractivity contribution is 0.0825. The van der Waals surface area contributed by atoms with Crippen LogP contribution in [0, 0.1) is 22.7 Å². The molecule has 0 spiro atoms. The zero-order chi connectivity index (χ0) is 8.48. The van der Waals surface area contributed by atoms with Crippen LogP contribution in [0.15, 0.2) is 0 Å². The summed E-state index contributed by atoms with van der Waals surface area (Å²) in [6, 6.07) is 2.33. The summed E-state index contributed by atoms with van der Waals surface area (Å²) in [6.07, 6.45) is 1.28. The molecule has 1 aliphatic heterocycles. The minimum atomic E-state index is -0.226. The van der Waals surface area contributed by atoms with Crippen molar-refractivity contribution in [2.75, 3.05) is 6.61 Å². The second-order valence-corrected chi connectivity index (χ2v) is 3.80. The molecule has 0 N–H and O–H groups in total. The lowest BCUT2D eigenvalue weighted by Crippen LogP contribution is -2.27. The molecule has 0 aromatic heterocycles. The number of nitriles is 1. The van der Waals surface area contributed by atoms with Gasteiger partial charge in [-0.1, -0.05) is 0 Å². The van der Waals surface area contributed by atoms with Gasteiger partial charge in [0.1, 0.15) is 0 Å². The van der Waals surface area contributed by atoms with Gasteiger partial charge in [0.2, 0.25) is 0 Å². The number of rotatable bonds is 1. The second-order valence-electron chi connectivity index (χ2n) is 3.80. The Bertz CT molecular complexity index is 180. The zero-order valence-electron chi connectivity index (χ0n) is 7.42. The maximum atomic E-state index is 8.87. The highest BCUT2D eigenvalue weighted by Gasteiger charge is 2.37. The van der Waals surface area contributed by atoms with Gasteiger partial charge in [-0.15, -0.1) is 0 Å².